The van der Waals surface area contributed by atoms with E-state index in [1.807, 2.05) is 0 Å². The number of halogens is 1. The van der Waals surface area contributed by atoms with Gasteiger partial charge in [0.2, 0.25) is 0 Å². The van der Waals surface area contributed by atoms with Crippen molar-refractivity contribution in [3.63, 3.8) is 0 Å². The fourth-order valence-corrected chi connectivity index (χ4v) is 7.94. The van der Waals surface area contributed by atoms with Crippen LogP contribution in [0.15, 0.2) is 0 Å². The van der Waals surface area contributed by atoms with Gasteiger partial charge in [0.1, 0.15) is 0 Å². The van der Waals surface area contributed by atoms with Gasteiger partial charge in [-0.1, -0.05) is 22.6 Å². The van der Waals surface area contributed by atoms with E-state index in [0.29, 0.717) is 17.8 Å². The molecule has 0 aromatic rings. The van der Waals surface area contributed by atoms with E-state index in [1.54, 1.807) is 0 Å². The summed E-state index contributed by atoms with van der Waals surface area (Å²) in [6.07, 6.45) is 4.29. The Balaban J connectivity index is 1.58. The predicted octanol–water partition coefficient (Wildman–Crippen LogP) is 2.50. The van der Waals surface area contributed by atoms with E-state index in [0.717, 1.165) is 40.1 Å². The maximum Gasteiger partial charge on any atom is 0.309 e. The van der Waals surface area contributed by atoms with Crippen LogP contribution in [0.1, 0.15) is 19.3 Å². The standard InChI is InChI=1S/C14H17IO2/c15-10-2-5-1-7(10)12-8-3-6(11(5)12)9-4-17-14(16)13(8)9/h5-13H,1-4H2. The van der Waals surface area contributed by atoms with Gasteiger partial charge >= 0.3 is 5.97 Å². The van der Waals surface area contributed by atoms with Crippen LogP contribution in [0.5, 0.6) is 0 Å². The molecule has 9 atom stereocenters. The highest BCUT2D eigenvalue weighted by Gasteiger charge is 2.70. The van der Waals surface area contributed by atoms with Crippen molar-refractivity contribution in [2.75, 3.05) is 6.61 Å². The van der Waals surface area contributed by atoms with Crippen molar-refractivity contribution in [2.24, 2.45) is 47.3 Å². The van der Waals surface area contributed by atoms with Gasteiger partial charge in [0.25, 0.3) is 0 Å². The lowest BCUT2D eigenvalue weighted by Gasteiger charge is -2.40. The van der Waals surface area contributed by atoms with Gasteiger partial charge in [-0.05, 0) is 54.8 Å². The Morgan fingerprint density at radius 2 is 1.88 bits per heavy atom. The van der Waals surface area contributed by atoms with Crippen LogP contribution in [0, 0.1) is 47.3 Å². The summed E-state index contributed by atoms with van der Waals surface area (Å²) < 4.78 is 6.24. The van der Waals surface area contributed by atoms with E-state index in [1.165, 1.54) is 19.3 Å². The highest BCUT2D eigenvalue weighted by Crippen LogP contribution is 2.72. The van der Waals surface area contributed by atoms with Crippen LogP contribution in [0.3, 0.4) is 0 Å². The molecule has 17 heavy (non-hydrogen) atoms. The summed E-state index contributed by atoms with van der Waals surface area (Å²) in [6, 6.07) is 0. The number of ether oxygens (including phenoxy) is 1. The van der Waals surface area contributed by atoms with Crippen molar-refractivity contribution < 1.29 is 9.53 Å². The van der Waals surface area contributed by atoms with E-state index in [2.05, 4.69) is 22.6 Å². The molecule has 1 heterocycles. The molecule has 0 N–H and O–H groups in total. The molecule has 9 unspecified atom stereocenters. The molecule has 92 valence electrons. The van der Waals surface area contributed by atoms with E-state index in [9.17, 15) is 4.79 Å². The summed E-state index contributed by atoms with van der Waals surface area (Å²) in [5.41, 5.74) is 0. The van der Waals surface area contributed by atoms with Gasteiger partial charge in [0, 0.05) is 9.84 Å². The Morgan fingerprint density at radius 1 is 1.00 bits per heavy atom. The summed E-state index contributed by atoms with van der Waals surface area (Å²) in [4.78, 5) is 11.9. The molecular weight excluding hydrogens is 327 g/mol. The summed E-state index contributed by atoms with van der Waals surface area (Å²) in [5.74, 6) is 6.43. The molecule has 2 nitrogen and oxygen atoms in total. The average Bonchev–Trinajstić information content (AvgIpc) is 2.99. The molecule has 3 heteroatoms. The van der Waals surface area contributed by atoms with Gasteiger partial charge in [0.05, 0.1) is 12.5 Å². The number of esters is 1. The molecule has 4 bridgehead atoms. The van der Waals surface area contributed by atoms with Gasteiger partial charge in [0.15, 0.2) is 0 Å². The first-order chi connectivity index (χ1) is 8.25. The van der Waals surface area contributed by atoms with Crippen molar-refractivity contribution in [3.8, 4) is 0 Å². The van der Waals surface area contributed by atoms with Gasteiger partial charge in [-0.3, -0.25) is 4.79 Å². The third kappa shape index (κ3) is 0.998. The minimum absolute atomic E-state index is 0.147. The molecule has 5 aliphatic rings. The number of hydrogen-bond donors (Lipinski definition) is 0. The lowest BCUT2D eigenvalue weighted by atomic mass is 9.64. The summed E-state index contributed by atoms with van der Waals surface area (Å²) >= 11 is 2.67. The van der Waals surface area contributed by atoms with E-state index >= 15 is 0 Å². The second-order valence-electron chi connectivity index (χ2n) is 6.95. The number of carbonyl (C=O) groups excluding carboxylic acids is 1. The smallest absolute Gasteiger partial charge is 0.309 e. The highest BCUT2D eigenvalue weighted by atomic mass is 127. The molecule has 5 fully saturated rings. The zero-order valence-electron chi connectivity index (χ0n) is 9.72. The van der Waals surface area contributed by atoms with Gasteiger partial charge < -0.3 is 4.74 Å². The van der Waals surface area contributed by atoms with Crippen molar-refractivity contribution >= 4 is 28.6 Å². The fourth-order valence-electron chi connectivity index (χ4n) is 6.52. The van der Waals surface area contributed by atoms with Crippen LogP contribution in [-0.2, 0) is 9.53 Å². The van der Waals surface area contributed by atoms with E-state index in [-0.39, 0.29) is 5.97 Å². The zero-order chi connectivity index (χ0) is 11.3. The van der Waals surface area contributed by atoms with Crippen molar-refractivity contribution in [3.05, 3.63) is 0 Å². The molecule has 0 spiro atoms. The van der Waals surface area contributed by atoms with Crippen LogP contribution >= 0.6 is 22.6 Å². The molecule has 4 saturated carbocycles. The van der Waals surface area contributed by atoms with Crippen LogP contribution < -0.4 is 0 Å². The molecule has 0 aromatic heterocycles. The Hall–Kier alpha value is 0.200. The quantitative estimate of drug-likeness (QED) is 0.292. The minimum atomic E-state index is 0.147. The number of hydrogen-bond acceptors (Lipinski definition) is 2. The molecule has 4 aliphatic carbocycles. The zero-order valence-corrected chi connectivity index (χ0v) is 11.9. The Kier molecular flexibility index (Phi) is 1.78. The largest absolute Gasteiger partial charge is 0.465 e. The molecule has 0 aromatic carbocycles. The Labute approximate surface area is 115 Å². The normalized spacial score (nSPS) is 66.2. The topological polar surface area (TPSA) is 26.3 Å². The lowest BCUT2D eigenvalue weighted by molar-refractivity contribution is -0.143. The Bertz CT molecular complexity index is 409. The third-order valence-electron chi connectivity index (χ3n) is 6.75. The summed E-state index contributed by atoms with van der Waals surface area (Å²) in [6.45, 7) is 0.749. The summed E-state index contributed by atoms with van der Waals surface area (Å²) in [5, 5.41) is 0. The monoisotopic (exact) mass is 344 g/mol. The maximum atomic E-state index is 11.9. The molecule has 1 aliphatic heterocycles. The van der Waals surface area contributed by atoms with Gasteiger partial charge in [-0.15, -0.1) is 0 Å². The van der Waals surface area contributed by atoms with Crippen molar-refractivity contribution in [1.29, 1.82) is 0 Å². The molecular formula is C14H17IO2. The first-order valence-corrected chi connectivity index (χ1v) is 8.31. The number of alkyl halides is 1. The first-order valence-electron chi connectivity index (χ1n) is 7.06. The predicted molar refractivity (Wildman–Crippen MR) is 70.5 cm³/mol. The van der Waals surface area contributed by atoms with Gasteiger partial charge in [-0.25, -0.2) is 0 Å². The number of cyclic esters (lactones) is 1. The first kappa shape index (κ1) is 10.0. The highest BCUT2D eigenvalue weighted by molar-refractivity contribution is 14.1. The lowest BCUT2D eigenvalue weighted by Crippen LogP contribution is -2.40. The van der Waals surface area contributed by atoms with E-state index < -0.39 is 0 Å². The number of rotatable bonds is 0. The van der Waals surface area contributed by atoms with Crippen molar-refractivity contribution in [2.45, 2.75) is 23.2 Å². The van der Waals surface area contributed by atoms with E-state index in [4.69, 9.17) is 4.74 Å². The summed E-state index contributed by atoms with van der Waals surface area (Å²) in [7, 11) is 0. The average molecular weight is 344 g/mol. The van der Waals surface area contributed by atoms with Crippen LogP contribution in [0.2, 0.25) is 0 Å². The molecule has 5 rings (SSSR count). The minimum Gasteiger partial charge on any atom is -0.465 e. The number of fused-ring (bicyclic) bond motifs is 12. The second-order valence-corrected chi connectivity index (χ2v) is 8.55. The van der Waals surface area contributed by atoms with Gasteiger partial charge in [-0.2, -0.15) is 0 Å². The Morgan fingerprint density at radius 3 is 2.76 bits per heavy atom. The third-order valence-corrected chi connectivity index (χ3v) is 8.18. The van der Waals surface area contributed by atoms with Crippen LogP contribution in [0.4, 0.5) is 0 Å². The molecule has 1 saturated heterocycles. The SMILES string of the molecule is O=C1OCC2C3CC(C12)C1C2CC(CC2I)C31. The molecule has 0 amide bonds. The second kappa shape index (κ2) is 3.02. The van der Waals surface area contributed by atoms with Crippen molar-refractivity contribution in [1.82, 2.24) is 0 Å². The van der Waals surface area contributed by atoms with Crippen LogP contribution in [-0.4, -0.2) is 16.5 Å². The maximum absolute atomic E-state index is 11.9. The molecule has 0 radical (unpaired) electrons. The number of carbonyl (C=O) groups is 1. The van der Waals surface area contributed by atoms with Crippen LogP contribution in [0.25, 0.3) is 0 Å². The fraction of sp³-hybridized carbons (Fsp3) is 0.929.